The van der Waals surface area contributed by atoms with Gasteiger partial charge in [0.05, 0.1) is 11.6 Å². The van der Waals surface area contributed by atoms with Crippen LogP contribution < -0.4 is 10.5 Å². The lowest BCUT2D eigenvalue weighted by Crippen LogP contribution is -2.34. The molecule has 2 aromatic carbocycles. The van der Waals surface area contributed by atoms with Crippen LogP contribution in [0.15, 0.2) is 54.6 Å². The molecule has 0 unspecified atom stereocenters. The molecule has 2 N–H and O–H groups in total. The number of likely N-dealkylation sites (N-methyl/N-ethyl adjacent to an activating group) is 1. The number of hydrogen-bond donors (Lipinski definition) is 1. The topological polar surface area (TPSA) is 98.9 Å². The Morgan fingerprint density at radius 1 is 1.00 bits per heavy atom. The van der Waals surface area contributed by atoms with E-state index in [1.807, 2.05) is 37.3 Å². The molecule has 2 rings (SSSR count). The number of hydrogen-bond acceptors (Lipinski definition) is 5. The maximum absolute atomic E-state index is 12.2. The van der Waals surface area contributed by atoms with Crippen molar-refractivity contribution in [3.05, 3.63) is 65.7 Å². The summed E-state index contributed by atoms with van der Waals surface area (Å²) in [5.41, 5.74) is 6.39. The Morgan fingerprint density at radius 2 is 1.63 bits per heavy atom. The monoisotopic (exact) mass is 370 g/mol. The van der Waals surface area contributed by atoms with E-state index in [1.54, 1.807) is 19.2 Å². The van der Waals surface area contributed by atoms with Gasteiger partial charge in [-0.25, -0.2) is 4.79 Å². The second-order valence-electron chi connectivity index (χ2n) is 5.90. The lowest BCUT2D eigenvalue weighted by Gasteiger charge is -2.25. The molecule has 7 nitrogen and oxygen atoms in total. The fourth-order valence-corrected chi connectivity index (χ4v) is 2.39. The van der Waals surface area contributed by atoms with E-state index in [1.165, 1.54) is 17.0 Å². The molecular formula is C20H22N2O5. The summed E-state index contributed by atoms with van der Waals surface area (Å²) < 4.78 is 10.2. The van der Waals surface area contributed by atoms with Crippen molar-refractivity contribution < 1.29 is 23.9 Å². The highest BCUT2D eigenvalue weighted by Crippen LogP contribution is 2.18. The third-order valence-electron chi connectivity index (χ3n) is 4.11. The van der Waals surface area contributed by atoms with Gasteiger partial charge in [0.2, 0.25) is 0 Å². The zero-order valence-corrected chi connectivity index (χ0v) is 15.3. The molecule has 27 heavy (non-hydrogen) atoms. The number of nitrogens with two attached hydrogens (primary N) is 1. The molecule has 0 heterocycles. The van der Waals surface area contributed by atoms with Gasteiger partial charge in [0.1, 0.15) is 5.75 Å². The molecule has 0 aliphatic rings. The van der Waals surface area contributed by atoms with Crippen LogP contribution >= 0.6 is 0 Å². The summed E-state index contributed by atoms with van der Waals surface area (Å²) in [6.07, 6.45) is 0. The average molecular weight is 370 g/mol. The number of amides is 2. The van der Waals surface area contributed by atoms with Gasteiger partial charge in [-0.05, 0) is 24.6 Å². The zero-order valence-electron chi connectivity index (χ0n) is 15.3. The first-order chi connectivity index (χ1) is 12.9. The maximum Gasteiger partial charge on any atom is 0.344 e. The van der Waals surface area contributed by atoms with Crippen LogP contribution in [0.4, 0.5) is 0 Å². The number of esters is 1. The van der Waals surface area contributed by atoms with Crippen molar-refractivity contribution in [2.45, 2.75) is 13.0 Å². The van der Waals surface area contributed by atoms with E-state index in [9.17, 15) is 14.4 Å². The van der Waals surface area contributed by atoms with Gasteiger partial charge in [0.15, 0.2) is 13.2 Å². The van der Waals surface area contributed by atoms with Crippen LogP contribution in [-0.4, -0.2) is 42.9 Å². The Hall–Kier alpha value is -3.35. The Balaban J connectivity index is 1.83. The van der Waals surface area contributed by atoms with Gasteiger partial charge < -0.3 is 20.1 Å². The van der Waals surface area contributed by atoms with E-state index in [0.29, 0.717) is 0 Å². The summed E-state index contributed by atoms with van der Waals surface area (Å²) in [5, 5.41) is 0. The number of para-hydroxylation sites is 1. The minimum atomic E-state index is -0.719. The molecule has 0 bridgehead atoms. The van der Waals surface area contributed by atoms with Gasteiger partial charge >= 0.3 is 5.97 Å². The van der Waals surface area contributed by atoms with Crippen molar-refractivity contribution in [2.75, 3.05) is 20.3 Å². The van der Waals surface area contributed by atoms with Crippen LogP contribution in [0.2, 0.25) is 0 Å². The third-order valence-corrected chi connectivity index (χ3v) is 4.11. The molecule has 0 aliphatic carbocycles. The van der Waals surface area contributed by atoms with E-state index >= 15 is 0 Å². The third kappa shape index (κ3) is 5.57. The van der Waals surface area contributed by atoms with E-state index in [4.69, 9.17) is 15.2 Å². The highest BCUT2D eigenvalue weighted by Gasteiger charge is 2.19. The van der Waals surface area contributed by atoms with Crippen molar-refractivity contribution >= 4 is 17.8 Å². The molecular weight excluding hydrogens is 348 g/mol. The standard InChI is InChI=1S/C20H22N2O5/c1-14(15-8-4-3-5-9-15)22(2)18(23)12-27-19(24)13-26-17-11-7-6-10-16(17)20(21)25/h3-11,14H,12-13H2,1-2H3,(H2,21,25)/t14-/m0/s1. The molecule has 0 spiro atoms. The minimum absolute atomic E-state index is 0.156. The highest BCUT2D eigenvalue weighted by atomic mass is 16.6. The van der Waals surface area contributed by atoms with Crippen LogP contribution in [0.5, 0.6) is 5.75 Å². The molecule has 0 saturated heterocycles. The summed E-state index contributed by atoms with van der Waals surface area (Å²) in [7, 11) is 1.65. The fraction of sp³-hybridized carbons (Fsp3) is 0.250. The molecule has 0 aliphatic heterocycles. The number of carbonyl (C=O) groups excluding carboxylic acids is 3. The van der Waals surface area contributed by atoms with E-state index in [0.717, 1.165) is 5.56 Å². The summed E-state index contributed by atoms with van der Waals surface area (Å²) in [6, 6.07) is 15.7. The number of nitrogens with zero attached hydrogens (tertiary/aromatic N) is 1. The molecule has 142 valence electrons. The number of benzene rings is 2. The average Bonchev–Trinajstić information content (AvgIpc) is 2.70. The number of primary amides is 1. The van der Waals surface area contributed by atoms with Gasteiger partial charge in [-0.3, -0.25) is 9.59 Å². The number of rotatable bonds is 8. The van der Waals surface area contributed by atoms with Gasteiger partial charge in [-0.1, -0.05) is 42.5 Å². The van der Waals surface area contributed by atoms with E-state index in [2.05, 4.69) is 0 Å². The summed E-state index contributed by atoms with van der Waals surface area (Å²) in [6.45, 7) is 1.06. The van der Waals surface area contributed by atoms with Gasteiger partial charge in [0.25, 0.3) is 11.8 Å². The molecule has 2 aromatic rings. The molecule has 0 saturated carbocycles. The first-order valence-corrected chi connectivity index (χ1v) is 8.38. The molecule has 0 radical (unpaired) electrons. The number of ether oxygens (including phenoxy) is 2. The minimum Gasteiger partial charge on any atom is -0.481 e. The normalized spacial score (nSPS) is 11.3. The predicted molar refractivity (Wildman–Crippen MR) is 99.0 cm³/mol. The van der Waals surface area contributed by atoms with Crippen LogP contribution in [0.1, 0.15) is 28.9 Å². The van der Waals surface area contributed by atoms with Crippen molar-refractivity contribution in [3.8, 4) is 5.75 Å². The summed E-state index contributed by atoms with van der Waals surface area (Å²) in [5.74, 6) is -1.53. The molecule has 0 fully saturated rings. The smallest absolute Gasteiger partial charge is 0.344 e. The predicted octanol–water partition coefficient (Wildman–Crippen LogP) is 1.93. The number of carbonyl (C=O) groups is 3. The lowest BCUT2D eigenvalue weighted by atomic mass is 10.1. The Kier molecular flexibility index (Phi) is 6.93. The summed E-state index contributed by atoms with van der Waals surface area (Å²) in [4.78, 5) is 36.9. The van der Waals surface area contributed by atoms with Crippen LogP contribution in [0.3, 0.4) is 0 Å². The Labute approximate surface area is 157 Å². The molecule has 7 heteroatoms. The molecule has 1 atom stereocenters. The van der Waals surface area contributed by atoms with Crippen molar-refractivity contribution in [1.82, 2.24) is 4.90 Å². The van der Waals surface area contributed by atoms with Crippen molar-refractivity contribution in [3.63, 3.8) is 0 Å². The summed E-state index contributed by atoms with van der Waals surface area (Å²) >= 11 is 0. The first-order valence-electron chi connectivity index (χ1n) is 8.38. The lowest BCUT2D eigenvalue weighted by molar-refractivity contribution is -0.153. The largest absolute Gasteiger partial charge is 0.481 e. The van der Waals surface area contributed by atoms with E-state index < -0.39 is 25.1 Å². The fourth-order valence-electron chi connectivity index (χ4n) is 2.39. The van der Waals surface area contributed by atoms with Gasteiger partial charge in [-0.15, -0.1) is 0 Å². The quantitative estimate of drug-likeness (QED) is 0.716. The Bertz CT molecular complexity index is 807. The van der Waals surface area contributed by atoms with Crippen LogP contribution in [0.25, 0.3) is 0 Å². The Morgan fingerprint density at radius 3 is 2.30 bits per heavy atom. The molecule has 2 amide bonds. The van der Waals surface area contributed by atoms with Crippen molar-refractivity contribution in [1.29, 1.82) is 0 Å². The maximum atomic E-state index is 12.2. The second kappa shape index (κ2) is 9.38. The second-order valence-corrected chi connectivity index (χ2v) is 5.90. The van der Waals surface area contributed by atoms with E-state index in [-0.39, 0.29) is 23.3 Å². The van der Waals surface area contributed by atoms with Crippen LogP contribution in [0, 0.1) is 0 Å². The van der Waals surface area contributed by atoms with Crippen LogP contribution in [-0.2, 0) is 14.3 Å². The highest BCUT2D eigenvalue weighted by molar-refractivity contribution is 5.95. The zero-order chi connectivity index (χ0) is 19.8. The first kappa shape index (κ1) is 20.0. The molecule has 0 aromatic heterocycles. The SMILES string of the molecule is C[C@@H](c1ccccc1)N(C)C(=O)COC(=O)COc1ccccc1C(N)=O. The van der Waals surface area contributed by atoms with Gasteiger partial charge in [0, 0.05) is 7.05 Å². The van der Waals surface area contributed by atoms with Gasteiger partial charge in [-0.2, -0.15) is 0 Å². The van der Waals surface area contributed by atoms with Crippen molar-refractivity contribution in [2.24, 2.45) is 5.73 Å².